The predicted molar refractivity (Wildman–Crippen MR) is 110 cm³/mol. The molecule has 2 unspecified atom stereocenters. The zero-order valence-electron chi connectivity index (χ0n) is 14.5. The molecule has 0 bridgehead atoms. The summed E-state index contributed by atoms with van der Waals surface area (Å²) in [5.41, 5.74) is 2.46. The summed E-state index contributed by atoms with van der Waals surface area (Å²) >= 11 is 0. The van der Waals surface area contributed by atoms with Gasteiger partial charge in [0.05, 0.1) is 0 Å². The monoisotopic (exact) mass is 395 g/mol. The topological polar surface area (TPSA) is 86.2 Å². The van der Waals surface area contributed by atoms with Crippen molar-refractivity contribution < 1.29 is 5.11 Å². The van der Waals surface area contributed by atoms with Gasteiger partial charge in [-0.05, 0) is 37.0 Å². The Morgan fingerprint density at radius 3 is 2.96 bits per heavy atom. The molecule has 2 aliphatic rings. The fourth-order valence-corrected chi connectivity index (χ4v) is 3.50. The molecule has 0 aromatic carbocycles. The molecule has 0 radical (unpaired) electrons. The highest BCUT2D eigenvalue weighted by Crippen LogP contribution is 2.32. The second-order valence-electron chi connectivity index (χ2n) is 6.67. The van der Waals surface area contributed by atoms with Crippen LogP contribution in [0.15, 0.2) is 23.3 Å². The molecule has 1 saturated carbocycles. The Hall–Kier alpha value is -2.05. The fourth-order valence-electron chi connectivity index (χ4n) is 3.50. The molecule has 2 aromatic rings. The Morgan fingerprint density at radius 2 is 2.15 bits per heavy atom. The first-order valence-corrected chi connectivity index (χ1v) is 8.45. The number of halogens is 2. The maximum Gasteiger partial charge on any atom is 0.238 e. The van der Waals surface area contributed by atoms with Gasteiger partial charge < -0.3 is 15.4 Å². The summed E-state index contributed by atoms with van der Waals surface area (Å²) in [5.74, 6) is 2.07. The summed E-state index contributed by atoms with van der Waals surface area (Å²) in [6.07, 6.45) is 10.2. The molecule has 3 N–H and O–H groups in total. The minimum atomic E-state index is -0.000372. The summed E-state index contributed by atoms with van der Waals surface area (Å²) in [6, 6.07) is 4.26. The summed E-state index contributed by atoms with van der Waals surface area (Å²) in [7, 11) is 0. The largest absolute Gasteiger partial charge is 0.492 e. The van der Waals surface area contributed by atoms with Crippen LogP contribution in [0.2, 0.25) is 0 Å². The lowest BCUT2D eigenvalue weighted by Crippen LogP contribution is -2.26. The quantitative estimate of drug-likeness (QED) is 0.708. The van der Waals surface area contributed by atoms with Crippen LogP contribution in [0.1, 0.15) is 43.9 Å². The standard InChI is InChI=1S/C18H21N5O.2ClH/c1-11-4-2-5-13(8-11)21-18-22-15(17(24)23-18)9-12-10-20-16-14(12)6-3-7-19-16;;/h3,6-7,9-11,13,24H,2,4-5,8H2,1H3,(H2,21,22,23);2*1H/b12-9+;;. The number of rotatable bonds is 3. The molecule has 26 heavy (non-hydrogen) atoms. The van der Waals surface area contributed by atoms with Gasteiger partial charge in [-0.1, -0.05) is 19.8 Å². The molecular weight excluding hydrogens is 373 g/mol. The molecule has 0 spiro atoms. The number of aromatic amines is 1. The highest BCUT2D eigenvalue weighted by Gasteiger charge is 2.20. The summed E-state index contributed by atoms with van der Waals surface area (Å²) < 4.78 is 0. The SMILES string of the molecule is CC1CCCC(Nc2nc(O)c(/C=C3\C=Nc4ncccc43)[nH]2)C1.Cl.Cl. The number of nitrogens with zero attached hydrogens (tertiary/aromatic N) is 3. The van der Waals surface area contributed by atoms with Crippen molar-refractivity contribution in [1.29, 1.82) is 0 Å². The van der Waals surface area contributed by atoms with Crippen LogP contribution in [0.25, 0.3) is 11.6 Å². The summed E-state index contributed by atoms with van der Waals surface area (Å²) in [6.45, 7) is 2.29. The van der Waals surface area contributed by atoms with Gasteiger partial charge in [0.15, 0.2) is 5.82 Å². The number of pyridine rings is 1. The highest BCUT2D eigenvalue weighted by molar-refractivity contribution is 6.20. The highest BCUT2D eigenvalue weighted by atomic mass is 35.5. The molecule has 6 nitrogen and oxygen atoms in total. The number of hydrogen-bond donors (Lipinski definition) is 3. The van der Waals surface area contributed by atoms with Gasteiger partial charge in [0.25, 0.3) is 0 Å². The van der Waals surface area contributed by atoms with E-state index in [1.807, 2.05) is 18.2 Å². The van der Waals surface area contributed by atoms with Crippen LogP contribution in [0.5, 0.6) is 5.88 Å². The minimum Gasteiger partial charge on any atom is -0.492 e. The number of aromatic nitrogens is 3. The van der Waals surface area contributed by atoms with Crippen molar-refractivity contribution in [2.75, 3.05) is 5.32 Å². The Balaban J connectivity index is 0.00000121. The van der Waals surface area contributed by atoms with Crippen LogP contribution >= 0.6 is 24.8 Å². The van der Waals surface area contributed by atoms with Crippen molar-refractivity contribution in [3.05, 3.63) is 29.6 Å². The average Bonchev–Trinajstić information content (AvgIpc) is 3.12. The van der Waals surface area contributed by atoms with E-state index in [9.17, 15) is 5.11 Å². The van der Waals surface area contributed by atoms with Crippen molar-refractivity contribution >= 4 is 54.4 Å². The average molecular weight is 396 g/mol. The van der Waals surface area contributed by atoms with E-state index >= 15 is 0 Å². The Kier molecular flexibility index (Phi) is 6.67. The number of aromatic hydroxyl groups is 1. The molecule has 0 amide bonds. The summed E-state index contributed by atoms with van der Waals surface area (Å²) in [5, 5.41) is 13.5. The molecule has 4 rings (SSSR count). The van der Waals surface area contributed by atoms with Crippen LogP contribution in [-0.4, -0.2) is 32.3 Å². The van der Waals surface area contributed by atoms with E-state index in [2.05, 4.69) is 32.2 Å². The lowest BCUT2D eigenvalue weighted by atomic mass is 9.87. The number of H-pyrrole nitrogens is 1. The molecule has 0 saturated heterocycles. The minimum absolute atomic E-state index is 0. The molecule has 1 aliphatic heterocycles. The van der Waals surface area contributed by atoms with Gasteiger partial charge in [0.1, 0.15) is 5.69 Å². The molecule has 2 atom stereocenters. The van der Waals surface area contributed by atoms with E-state index in [1.54, 1.807) is 12.4 Å². The summed E-state index contributed by atoms with van der Waals surface area (Å²) in [4.78, 5) is 15.9. The maximum absolute atomic E-state index is 10.1. The van der Waals surface area contributed by atoms with Gasteiger partial charge in [-0.2, -0.15) is 4.98 Å². The Labute approximate surface area is 165 Å². The lowest BCUT2D eigenvalue weighted by Gasteiger charge is -2.27. The maximum atomic E-state index is 10.1. The third-order valence-corrected chi connectivity index (χ3v) is 4.71. The van der Waals surface area contributed by atoms with E-state index in [0.717, 1.165) is 29.9 Å². The van der Waals surface area contributed by atoms with E-state index in [0.29, 0.717) is 23.5 Å². The lowest BCUT2D eigenvalue weighted by molar-refractivity contribution is 0.357. The van der Waals surface area contributed by atoms with Gasteiger partial charge in [-0.25, -0.2) is 9.98 Å². The normalized spacial score (nSPS) is 22.4. The fraction of sp³-hybridized carbons (Fsp3) is 0.389. The number of fused-ring (bicyclic) bond motifs is 1. The molecule has 8 heteroatoms. The molecule has 2 aromatic heterocycles. The van der Waals surface area contributed by atoms with Crippen LogP contribution < -0.4 is 5.32 Å². The second-order valence-corrected chi connectivity index (χ2v) is 6.67. The number of aliphatic imine (C=N–C) groups is 1. The van der Waals surface area contributed by atoms with Crippen LogP contribution in [0.3, 0.4) is 0 Å². The van der Waals surface area contributed by atoms with Crippen LogP contribution in [-0.2, 0) is 0 Å². The third kappa shape index (κ3) is 4.19. The Morgan fingerprint density at radius 1 is 1.31 bits per heavy atom. The van der Waals surface area contributed by atoms with Gasteiger partial charge >= 0.3 is 0 Å². The van der Waals surface area contributed by atoms with Crippen molar-refractivity contribution in [3.63, 3.8) is 0 Å². The number of hydrogen-bond acceptors (Lipinski definition) is 5. The third-order valence-electron chi connectivity index (χ3n) is 4.71. The van der Waals surface area contributed by atoms with Crippen LogP contribution in [0, 0.1) is 5.92 Å². The van der Waals surface area contributed by atoms with Gasteiger partial charge in [0.2, 0.25) is 11.8 Å². The zero-order valence-corrected chi connectivity index (χ0v) is 16.1. The number of anilines is 1. The smallest absolute Gasteiger partial charge is 0.238 e. The van der Waals surface area contributed by atoms with Crippen molar-refractivity contribution in [3.8, 4) is 5.88 Å². The van der Waals surface area contributed by atoms with Crippen molar-refractivity contribution in [2.24, 2.45) is 10.9 Å². The Bertz CT molecular complexity index is 818. The first-order chi connectivity index (χ1) is 11.7. The molecule has 1 fully saturated rings. The van der Waals surface area contributed by atoms with Crippen molar-refractivity contribution in [1.82, 2.24) is 15.0 Å². The number of imidazole rings is 1. The first kappa shape index (κ1) is 20.3. The molecule has 3 heterocycles. The first-order valence-electron chi connectivity index (χ1n) is 8.45. The van der Waals surface area contributed by atoms with Gasteiger partial charge in [0, 0.05) is 29.6 Å². The number of allylic oxidation sites excluding steroid dienone is 1. The molecule has 1 aliphatic carbocycles. The number of nitrogens with one attached hydrogen (secondary N) is 2. The second kappa shape index (κ2) is 8.56. The molecular formula is C18H23Cl2N5O. The van der Waals surface area contributed by atoms with E-state index in [-0.39, 0.29) is 30.7 Å². The van der Waals surface area contributed by atoms with Gasteiger partial charge in [-0.15, -0.1) is 24.8 Å². The van der Waals surface area contributed by atoms with Gasteiger partial charge in [-0.3, -0.25) is 0 Å². The van der Waals surface area contributed by atoms with E-state index in [1.165, 1.54) is 12.8 Å². The zero-order chi connectivity index (χ0) is 16.5. The van der Waals surface area contributed by atoms with Crippen molar-refractivity contribution in [2.45, 2.75) is 38.6 Å². The van der Waals surface area contributed by atoms with E-state index in [4.69, 9.17) is 0 Å². The molecule has 140 valence electrons. The van der Waals surface area contributed by atoms with E-state index < -0.39 is 0 Å². The predicted octanol–water partition coefficient (Wildman–Crippen LogP) is 4.60. The van der Waals surface area contributed by atoms with Crippen LogP contribution in [0.4, 0.5) is 11.8 Å².